The topological polar surface area (TPSA) is 67.1 Å². The van der Waals surface area contributed by atoms with Crippen LogP contribution in [-0.4, -0.2) is 46.2 Å². The first-order valence-corrected chi connectivity index (χ1v) is 6.99. The molecular formula is C14H19N5O. The third kappa shape index (κ3) is 3.02. The van der Waals surface area contributed by atoms with Crippen molar-refractivity contribution in [2.45, 2.75) is 25.4 Å². The van der Waals surface area contributed by atoms with Crippen LogP contribution in [0.3, 0.4) is 0 Å². The highest BCUT2D eigenvalue weighted by atomic mass is 16.5. The highest BCUT2D eigenvalue weighted by Gasteiger charge is 2.20. The average molecular weight is 273 g/mol. The molecule has 3 heterocycles. The summed E-state index contributed by atoms with van der Waals surface area (Å²) in [5.74, 6) is 1.21. The fourth-order valence-corrected chi connectivity index (χ4v) is 2.54. The Morgan fingerprint density at radius 2 is 2.40 bits per heavy atom. The summed E-state index contributed by atoms with van der Waals surface area (Å²) < 4.78 is 5.33. The van der Waals surface area contributed by atoms with E-state index in [9.17, 15) is 0 Å². The molecule has 3 rings (SSSR count). The molecule has 20 heavy (non-hydrogen) atoms. The Bertz CT molecular complexity index is 542. The smallest absolute Gasteiger partial charge is 0.241 e. The number of aromatic nitrogens is 3. The predicted molar refractivity (Wildman–Crippen MR) is 74.9 cm³/mol. The molecule has 1 aliphatic rings. The molecule has 0 spiro atoms. The van der Waals surface area contributed by atoms with E-state index in [2.05, 4.69) is 25.3 Å². The molecule has 0 bridgehead atoms. The van der Waals surface area contributed by atoms with E-state index in [0.29, 0.717) is 24.3 Å². The standard InChI is InChI=1S/C14H19N5O/c1-15-11-5-4-8-19(9-11)10-13-17-14(18-20-13)12-6-2-3-7-16-12/h2-3,6-7,11,15H,4-5,8-10H2,1H3. The lowest BCUT2D eigenvalue weighted by Crippen LogP contribution is -2.43. The molecule has 6 nitrogen and oxygen atoms in total. The van der Waals surface area contributed by atoms with Gasteiger partial charge in [0.05, 0.1) is 6.54 Å². The number of piperidine rings is 1. The van der Waals surface area contributed by atoms with Crippen LogP contribution in [-0.2, 0) is 6.54 Å². The van der Waals surface area contributed by atoms with Crippen molar-refractivity contribution in [2.75, 3.05) is 20.1 Å². The van der Waals surface area contributed by atoms with Crippen molar-refractivity contribution in [3.05, 3.63) is 30.3 Å². The number of rotatable bonds is 4. The summed E-state index contributed by atoms with van der Waals surface area (Å²) in [4.78, 5) is 11.0. The first-order chi connectivity index (χ1) is 9.85. The number of likely N-dealkylation sites (tertiary alicyclic amines) is 1. The maximum absolute atomic E-state index is 5.33. The highest BCUT2D eigenvalue weighted by Crippen LogP contribution is 2.15. The fourth-order valence-electron chi connectivity index (χ4n) is 2.54. The zero-order chi connectivity index (χ0) is 13.8. The molecule has 1 fully saturated rings. The van der Waals surface area contributed by atoms with Gasteiger partial charge >= 0.3 is 0 Å². The van der Waals surface area contributed by atoms with E-state index >= 15 is 0 Å². The zero-order valence-electron chi connectivity index (χ0n) is 11.6. The van der Waals surface area contributed by atoms with Crippen LogP contribution in [0.25, 0.3) is 11.5 Å². The van der Waals surface area contributed by atoms with Crippen LogP contribution in [0, 0.1) is 0 Å². The Labute approximate surface area is 118 Å². The van der Waals surface area contributed by atoms with Crippen LogP contribution in [0.15, 0.2) is 28.9 Å². The van der Waals surface area contributed by atoms with Gasteiger partial charge < -0.3 is 9.84 Å². The fraction of sp³-hybridized carbons (Fsp3) is 0.500. The normalized spacial score (nSPS) is 20.1. The lowest BCUT2D eigenvalue weighted by molar-refractivity contribution is 0.167. The molecular weight excluding hydrogens is 254 g/mol. The van der Waals surface area contributed by atoms with Gasteiger partial charge in [-0.25, -0.2) is 0 Å². The summed E-state index contributed by atoms with van der Waals surface area (Å²) in [6.07, 6.45) is 4.16. The number of likely N-dealkylation sites (N-methyl/N-ethyl adjacent to an activating group) is 1. The Morgan fingerprint density at radius 1 is 1.45 bits per heavy atom. The van der Waals surface area contributed by atoms with E-state index in [1.165, 1.54) is 12.8 Å². The van der Waals surface area contributed by atoms with Crippen molar-refractivity contribution in [1.29, 1.82) is 0 Å². The molecule has 1 aliphatic heterocycles. The Hall–Kier alpha value is -1.79. The van der Waals surface area contributed by atoms with E-state index in [0.717, 1.165) is 18.8 Å². The van der Waals surface area contributed by atoms with Crippen LogP contribution in [0.4, 0.5) is 0 Å². The number of nitrogens with one attached hydrogen (secondary N) is 1. The molecule has 0 aliphatic carbocycles. The highest BCUT2D eigenvalue weighted by molar-refractivity contribution is 5.46. The van der Waals surface area contributed by atoms with Crippen molar-refractivity contribution < 1.29 is 4.52 Å². The van der Waals surface area contributed by atoms with Crippen LogP contribution in [0.5, 0.6) is 0 Å². The van der Waals surface area contributed by atoms with Crippen molar-refractivity contribution in [2.24, 2.45) is 0 Å². The van der Waals surface area contributed by atoms with Gasteiger partial charge in [-0.1, -0.05) is 11.2 Å². The summed E-state index contributed by atoms with van der Waals surface area (Å²) >= 11 is 0. The Balaban J connectivity index is 1.65. The minimum absolute atomic E-state index is 0.557. The molecule has 2 aromatic rings. The summed E-state index contributed by atoms with van der Waals surface area (Å²) in [6.45, 7) is 2.81. The largest absolute Gasteiger partial charge is 0.337 e. The molecule has 106 valence electrons. The second-order valence-electron chi connectivity index (χ2n) is 5.09. The Kier molecular flexibility index (Phi) is 4.03. The molecule has 0 aromatic carbocycles. The second kappa shape index (κ2) is 6.11. The van der Waals surface area contributed by atoms with Crippen LogP contribution >= 0.6 is 0 Å². The minimum atomic E-state index is 0.557. The number of hydrogen-bond donors (Lipinski definition) is 1. The first-order valence-electron chi connectivity index (χ1n) is 6.99. The second-order valence-corrected chi connectivity index (χ2v) is 5.09. The molecule has 2 aromatic heterocycles. The summed E-state index contributed by atoms with van der Waals surface area (Å²) in [6, 6.07) is 6.23. The predicted octanol–water partition coefficient (Wildman–Crippen LogP) is 1.32. The number of hydrogen-bond acceptors (Lipinski definition) is 6. The lowest BCUT2D eigenvalue weighted by Gasteiger charge is -2.31. The summed E-state index contributed by atoms with van der Waals surface area (Å²) in [5, 5.41) is 7.33. The summed E-state index contributed by atoms with van der Waals surface area (Å²) in [7, 11) is 2.01. The third-order valence-corrected chi connectivity index (χ3v) is 3.63. The van der Waals surface area contributed by atoms with E-state index in [4.69, 9.17) is 4.52 Å². The minimum Gasteiger partial charge on any atom is -0.337 e. The van der Waals surface area contributed by atoms with Crippen molar-refractivity contribution >= 4 is 0 Å². The molecule has 1 saturated heterocycles. The van der Waals surface area contributed by atoms with Crippen molar-refractivity contribution in [3.63, 3.8) is 0 Å². The van der Waals surface area contributed by atoms with Gasteiger partial charge in [0.15, 0.2) is 0 Å². The monoisotopic (exact) mass is 273 g/mol. The maximum atomic E-state index is 5.33. The van der Waals surface area contributed by atoms with Gasteiger partial charge in [0.2, 0.25) is 11.7 Å². The van der Waals surface area contributed by atoms with Crippen molar-refractivity contribution in [1.82, 2.24) is 25.3 Å². The summed E-state index contributed by atoms with van der Waals surface area (Å²) in [5.41, 5.74) is 0.745. The van der Waals surface area contributed by atoms with Gasteiger partial charge in [-0.2, -0.15) is 4.98 Å². The molecule has 0 amide bonds. The molecule has 6 heteroatoms. The zero-order valence-corrected chi connectivity index (χ0v) is 11.6. The van der Waals surface area contributed by atoms with Gasteiger partial charge in [0.1, 0.15) is 5.69 Å². The van der Waals surface area contributed by atoms with Gasteiger partial charge in [-0.05, 0) is 38.6 Å². The average Bonchev–Trinajstić information content (AvgIpc) is 2.97. The van der Waals surface area contributed by atoms with E-state index in [1.54, 1.807) is 6.20 Å². The van der Waals surface area contributed by atoms with Crippen LogP contribution in [0.1, 0.15) is 18.7 Å². The molecule has 1 unspecified atom stereocenters. The molecule has 1 atom stereocenters. The third-order valence-electron chi connectivity index (χ3n) is 3.63. The number of pyridine rings is 1. The van der Waals surface area contributed by atoms with Crippen LogP contribution in [0.2, 0.25) is 0 Å². The van der Waals surface area contributed by atoms with E-state index in [1.807, 2.05) is 25.2 Å². The van der Waals surface area contributed by atoms with E-state index < -0.39 is 0 Å². The SMILES string of the molecule is CNC1CCCN(Cc2nc(-c3ccccn3)no2)C1. The molecule has 0 saturated carbocycles. The van der Waals surface area contributed by atoms with Gasteiger partial charge in [0, 0.05) is 18.8 Å². The lowest BCUT2D eigenvalue weighted by atomic mass is 10.1. The molecule has 1 N–H and O–H groups in total. The van der Waals surface area contributed by atoms with Gasteiger partial charge in [-0.3, -0.25) is 9.88 Å². The van der Waals surface area contributed by atoms with Crippen LogP contribution < -0.4 is 5.32 Å². The van der Waals surface area contributed by atoms with Crippen molar-refractivity contribution in [3.8, 4) is 11.5 Å². The number of nitrogens with zero attached hydrogens (tertiary/aromatic N) is 4. The van der Waals surface area contributed by atoms with E-state index in [-0.39, 0.29) is 0 Å². The van der Waals surface area contributed by atoms with Gasteiger partial charge in [-0.15, -0.1) is 0 Å². The Morgan fingerprint density at radius 3 is 3.20 bits per heavy atom. The first kappa shape index (κ1) is 13.2. The van der Waals surface area contributed by atoms with Gasteiger partial charge in [0.25, 0.3) is 0 Å². The molecule has 0 radical (unpaired) electrons. The maximum Gasteiger partial charge on any atom is 0.241 e. The quantitative estimate of drug-likeness (QED) is 0.906.